The minimum Gasteiger partial charge on any atom is -0.508 e. The summed E-state index contributed by atoms with van der Waals surface area (Å²) in [7, 11) is 0. The van der Waals surface area contributed by atoms with Crippen molar-refractivity contribution in [2.45, 2.75) is 32.2 Å². The van der Waals surface area contributed by atoms with Crippen molar-refractivity contribution in [2.75, 3.05) is 13.1 Å². The van der Waals surface area contributed by atoms with Crippen molar-refractivity contribution in [3.05, 3.63) is 35.4 Å². The number of phenols is 1. The lowest BCUT2D eigenvalue weighted by Crippen LogP contribution is -2.34. The second kappa shape index (κ2) is 4.19. The van der Waals surface area contributed by atoms with Crippen molar-refractivity contribution in [1.82, 2.24) is 4.90 Å². The van der Waals surface area contributed by atoms with Gasteiger partial charge in [0.15, 0.2) is 0 Å². The molecule has 17 heavy (non-hydrogen) atoms. The van der Waals surface area contributed by atoms with Crippen LogP contribution in [-0.2, 0) is 0 Å². The van der Waals surface area contributed by atoms with Crippen LogP contribution in [-0.4, -0.2) is 29.1 Å². The molecule has 2 nitrogen and oxygen atoms in total. The molecule has 1 N–H and O–H groups in total. The Hall–Kier alpha value is -1.28. The topological polar surface area (TPSA) is 23.5 Å². The van der Waals surface area contributed by atoms with Gasteiger partial charge in [-0.15, -0.1) is 0 Å². The number of hydrogen-bond acceptors (Lipinski definition) is 2. The molecule has 2 aliphatic heterocycles. The molecule has 2 heterocycles. The number of aromatic hydroxyl groups is 1. The summed E-state index contributed by atoms with van der Waals surface area (Å²) in [6.07, 6.45) is 3.93. The van der Waals surface area contributed by atoms with Gasteiger partial charge >= 0.3 is 0 Å². The summed E-state index contributed by atoms with van der Waals surface area (Å²) in [6.45, 7) is 4.60. The lowest BCUT2D eigenvalue weighted by Gasteiger charge is -2.32. The average Bonchev–Trinajstić information content (AvgIpc) is 2.76. The number of fused-ring (bicyclic) bond motifs is 1. The highest BCUT2D eigenvalue weighted by atomic mass is 16.3. The standard InChI is InChI=1S/C15H19NO/c1-11-9-13-3-2-8-16(13)10-15(11)12-4-6-14(17)7-5-12/h4-7,13,17H,2-3,8-10H2,1H3. The van der Waals surface area contributed by atoms with Gasteiger partial charge in [-0.1, -0.05) is 17.7 Å². The van der Waals surface area contributed by atoms with Crippen molar-refractivity contribution in [1.29, 1.82) is 0 Å². The van der Waals surface area contributed by atoms with E-state index in [1.807, 2.05) is 12.1 Å². The molecule has 1 aromatic carbocycles. The van der Waals surface area contributed by atoms with Gasteiger partial charge < -0.3 is 5.11 Å². The molecule has 0 spiro atoms. The third-order valence-electron chi connectivity index (χ3n) is 4.13. The third kappa shape index (κ3) is 1.98. The van der Waals surface area contributed by atoms with Crippen LogP contribution >= 0.6 is 0 Å². The largest absolute Gasteiger partial charge is 0.508 e. The maximum absolute atomic E-state index is 9.34. The molecular formula is C15H19NO. The smallest absolute Gasteiger partial charge is 0.115 e. The molecule has 1 atom stereocenters. The monoisotopic (exact) mass is 229 g/mol. The Morgan fingerprint density at radius 3 is 2.76 bits per heavy atom. The van der Waals surface area contributed by atoms with Gasteiger partial charge in [-0.2, -0.15) is 0 Å². The quantitative estimate of drug-likeness (QED) is 0.800. The second-order valence-corrected chi connectivity index (χ2v) is 5.28. The van der Waals surface area contributed by atoms with Gasteiger partial charge in [0, 0.05) is 12.6 Å². The Morgan fingerprint density at radius 2 is 2.00 bits per heavy atom. The molecule has 90 valence electrons. The van der Waals surface area contributed by atoms with Crippen LogP contribution < -0.4 is 0 Å². The van der Waals surface area contributed by atoms with E-state index in [1.165, 1.54) is 42.5 Å². The Morgan fingerprint density at radius 1 is 1.24 bits per heavy atom. The molecule has 1 saturated heterocycles. The number of rotatable bonds is 1. The molecule has 0 amide bonds. The summed E-state index contributed by atoms with van der Waals surface area (Å²) in [5.41, 5.74) is 4.26. The van der Waals surface area contributed by atoms with E-state index in [-0.39, 0.29) is 0 Å². The summed E-state index contributed by atoms with van der Waals surface area (Å²) in [5.74, 6) is 0.349. The van der Waals surface area contributed by atoms with Crippen molar-refractivity contribution >= 4 is 5.57 Å². The number of nitrogens with zero attached hydrogens (tertiary/aromatic N) is 1. The number of hydrogen-bond donors (Lipinski definition) is 1. The summed E-state index contributed by atoms with van der Waals surface area (Å²) in [4.78, 5) is 2.61. The summed E-state index contributed by atoms with van der Waals surface area (Å²) >= 11 is 0. The van der Waals surface area contributed by atoms with Crippen LogP contribution in [0.5, 0.6) is 5.75 Å². The first-order chi connectivity index (χ1) is 8.24. The normalized spacial score (nSPS) is 25.1. The zero-order valence-corrected chi connectivity index (χ0v) is 10.3. The molecule has 3 rings (SSSR count). The van der Waals surface area contributed by atoms with Gasteiger partial charge in [0.05, 0.1) is 0 Å². The first-order valence-corrected chi connectivity index (χ1v) is 6.46. The summed E-state index contributed by atoms with van der Waals surface area (Å²) in [6, 6.07) is 8.42. The van der Waals surface area contributed by atoms with Crippen LogP contribution in [0.4, 0.5) is 0 Å². The van der Waals surface area contributed by atoms with Crippen molar-refractivity contribution < 1.29 is 5.11 Å². The molecule has 2 aliphatic rings. The van der Waals surface area contributed by atoms with Crippen LogP contribution in [0.15, 0.2) is 29.8 Å². The highest BCUT2D eigenvalue weighted by molar-refractivity contribution is 5.71. The second-order valence-electron chi connectivity index (χ2n) is 5.28. The molecule has 1 fully saturated rings. The lowest BCUT2D eigenvalue weighted by atomic mass is 9.91. The SMILES string of the molecule is CC1=C(c2ccc(O)cc2)CN2CCCC2C1. The fourth-order valence-electron chi connectivity index (χ4n) is 3.15. The molecule has 0 aromatic heterocycles. The minimum atomic E-state index is 0.349. The van der Waals surface area contributed by atoms with E-state index in [0.717, 1.165) is 12.6 Å². The minimum absolute atomic E-state index is 0.349. The van der Waals surface area contributed by atoms with Crippen LogP contribution in [0.1, 0.15) is 31.7 Å². The van der Waals surface area contributed by atoms with Gasteiger partial charge in [0.2, 0.25) is 0 Å². The Bertz CT molecular complexity index is 446. The number of benzene rings is 1. The van der Waals surface area contributed by atoms with Crippen LogP contribution in [0, 0.1) is 0 Å². The van der Waals surface area contributed by atoms with E-state index in [1.54, 1.807) is 12.1 Å². The Labute approximate surface area is 103 Å². The van der Waals surface area contributed by atoms with E-state index in [9.17, 15) is 5.11 Å². The predicted octanol–water partition coefficient (Wildman–Crippen LogP) is 3.03. The first-order valence-electron chi connectivity index (χ1n) is 6.46. The Balaban J connectivity index is 1.91. The molecule has 0 bridgehead atoms. The fourth-order valence-corrected chi connectivity index (χ4v) is 3.15. The predicted molar refractivity (Wildman–Crippen MR) is 69.9 cm³/mol. The molecule has 1 unspecified atom stereocenters. The van der Waals surface area contributed by atoms with E-state index >= 15 is 0 Å². The fraction of sp³-hybridized carbons (Fsp3) is 0.467. The van der Waals surface area contributed by atoms with Crippen LogP contribution in [0.3, 0.4) is 0 Å². The van der Waals surface area contributed by atoms with E-state index in [0.29, 0.717) is 5.75 Å². The Kier molecular flexibility index (Phi) is 2.67. The van der Waals surface area contributed by atoms with Gasteiger partial charge in [-0.3, -0.25) is 4.90 Å². The van der Waals surface area contributed by atoms with E-state index in [2.05, 4.69) is 11.8 Å². The van der Waals surface area contributed by atoms with Crippen LogP contribution in [0.25, 0.3) is 5.57 Å². The molecule has 2 heteroatoms. The molecule has 0 saturated carbocycles. The maximum atomic E-state index is 9.34. The van der Waals surface area contributed by atoms with E-state index < -0.39 is 0 Å². The van der Waals surface area contributed by atoms with Crippen LogP contribution in [0.2, 0.25) is 0 Å². The molecule has 1 aromatic rings. The number of phenolic OH excluding ortho intramolecular Hbond substituents is 1. The maximum Gasteiger partial charge on any atom is 0.115 e. The van der Waals surface area contributed by atoms with Crippen molar-refractivity contribution in [3.63, 3.8) is 0 Å². The zero-order chi connectivity index (χ0) is 11.8. The highest BCUT2D eigenvalue weighted by Crippen LogP contribution is 2.34. The van der Waals surface area contributed by atoms with E-state index in [4.69, 9.17) is 0 Å². The first kappa shape index (κ1) is 10.8. The summed E-state index contributed by atoms with van der Waals surface area (Å²) in [5, 5.41) is 9.34. The molecular weight excluding hydrogens is 210 g/mol. The lowest BCUT2D eigenvalue weighted by molar-refractivity contribution is 0.271. The average molecular weight is 229 g/mol. The van der Waals surface area contributed by atoms with Gasteiger partial charge in [0.1, 0.15) is 5.75 Å². The van der Waals surface area contributed by atoms with Crippen molar-refractivity contribution in [3.8, 4) is 5.75 Å². The van der Waals surface area contributed by atoms with Crippen molar-refractivity contribution in [2.24, 2.45) is 0 Å². The third-order valence-corrected chi connectivity index (χ3v) is 4.13. The van der Waals surface area contributed by atoms with Gasteiger partial charge in [-0.25, -0.2) is 0 Å². The zero-order valence-electron chi connectivity index (χ0n) is 10.3. The van der Waals surface area contributed by atoms with Gasteiger partial charge in [0.25, 0.3) is 0 Å². The molecule has 0 radical (unpaired) electrons. The molecule has 0 aliphatic carbocycles. The summed E-state index contributed by atoms with van der Waals surface area (Å²) < 4.78 is 0. The highest BCUT2D eigenvalue weighted by Gasteiger charge is 2.30. The van der Waals surface area contributed by atoms with Gasteiger partial charge in [-0.05, 0) is 56.0 Å².